The van der Waals surface area contributed by atoms with Crippen LogP contribution in [0.5, 0.6) is 17.2 Å². The molecule has 1 N–H and O–H groups in total. The molecule has 0 aliphatic carbocycles. The Bertz CT molecular complexity index is 996. The predicted molar refractivity (Wildman–Crippen MR) is 112 cm³/mol. The SMILES string of the molecule is COc1cc(OC)cc(C(=O)N/N=C\c2ccc(OCc3ccc(F)cc3)cc2)c1. The molecule has 3 aromatic carbocycles. The Morgan fingerprint density at radius 1 is 0.933 bits per heavy atom. The summed E-state index contributed by atoms with van der Waals surface area (Å²) in [6, 6.07) is 18.2. The van der Waals surface area contributed by atoms with Crippen LogP contribution in [0.1, 0.15) is 21.5 Å². The minimum Gasteiger partial charge on any atom is -0.497 e. The number of amides is 1. The molecule has 3 rings (SSSR count). The second-order valence-electron chi connectivity index (χ2n) is 6.28. The van der Waals surface area contributed by atoms with E-state index in [4.69, 9.17) is 14.2 Å². The number of nitrogens with zero attached hydrogens (tertiary/aromatic N) is 1. The highest BCUT2D eigenvalue weighted by molar-refractivity contribution is 5.95. The summed E-state index contributed by atoms with van der Waals surface area (Å²) >= 11 is 0. The molecule has 0 unspecified atom stereocenters. The number of carbonyl (C=O) groups is 1. The molecule has 0 heterocycles. The first-order valence-corrected chi connectivity index (χ1v) is 9.11. The van der Waals surface area contributed by atoms with Crippen molar-refractivity contribution in [3.63, 3.8) is 0 Å². The zero-order chi connectivity index (χ0) is 21.3. The average molecular weight is 408 g/mol. The van der Waals surface area contributed by atoms with Crippen LogP contribution in [-0.2, 0) is 6.61 Å². The summed E-state index contributed by atoms with van der Waals surface area (Å²) in [5.74, 6) is 1.03. The Hall–Kier alpha value is -3.87. The first kappa shape index (κ1) is 20.9. The molecule has 7 heteroatoms. The highest BCUT2D eigenvalue weighted by atomic mass is 19.1. The van der Waals surface area contributed by atoms with E-state index in [0.717, 1.165) is 11.1 Å². The number of carbonyl (C=O) groups excluding carboxylic acids is 1. The second-order valence-corrected chi connectivity index (χ2v) is 6.28. The Morgan fingerprint density at radius 2 is 1.57 bits per heavy atom. The van der Waals surface area contributed by atoms with E-state index in [0.29, 0.717) is 29.4 Å². The van der Waals surface area contributed by atoms with Crippen molar-refractivity contribution in [3.05, 3.63) is 89.2 Å². The first-order valence-electron chi connectivity index (χ1n) is 9.11. The standard InChI is InChI=1S/C23H21FN2O4/c1-28-21-11-18(12-22(13-21)29-2)23(27)26-25-14-16-5-9-20(10-6-16)30-15-17-3-7-19(24)8-4-17/h3-14H,15H2,1-2H3,(H,26,27)/b25-14-. The third-order valence-electron chi connectivity index (χ3n) is 4.19. The average Bonchev–Trinajstić information content (AvgIpc) is 2.79. The maximum Gasteiger partial charge on any atom is 0.271 e. The van der Waals surface area contributed by atoms with Crippen molar-refractivity contribution in [2.24, 2.45) is 5.10 Å². The number of hydrazone groups is 1. The van der Waals surface area contributed by atoms with E-state index in [1.165, 1.54) is 32.6 Å². The van der Waals surface area contributed by atoms with Crippen molar-refractivity contribution in [3.8, 4) is 17.2 Å². The lowest BCUT2D eigenvalue weighted by molar-refractivity contribution is 0.0954. The third-order valence-corrected chi connectivity index (χ3v) is 4.19. The smallest absolute Gasteiger partial charge is 0.271 e. The Labute approximate surface area is 173 Å². The Balaban J connectivity index is 1.55. The fourth-order valence-electron chi connectivity index (χ4n) is 2.57. The molecule has 154 valence electrons. The molecule has 0 fully saturated rings. The van der Waals surface area contributed by atoms with Crippen LogP contribution in [0.3, 0.4) is 0 Å². The van der Waals surface area contributed by atoms with Crippen LogP contribution in [0.2, 0.25) is 0 Å². The normalized spacial score (nSPS) is 10.6. The van der Waals surface area contributed by atoms with Crippen LogP contribution in [0, 0.1) is 5.82 Å². The molecule has 0 spiro atoms. The Kier molecular flexibility index (Phi) is 7.00. The summed E-state index contributed by atoms with van der Waals surface area (Å²) in [7, 11) is 3.03. The molecule has 0 bridgehead atoms. The topological polar surface area (TPSA) is 69.2 Å². The minimum absolute atomic E-state index is 0.278. The van der Waals surface area contributed by atoms with Crippen molar-refractivity contribution < 1.29 is 23.4 Å². The van der Waals surface area contributed by atoms with Crippen LogP contribution in [0.25, 0.3) is 0 Å². The quantitative estimate of drug-likeness (QED) is 0.448. The van der Waals surface area contributed by atoms with Crippen molar-refractivity contribution in [2.75, 3.05) is 14.2 Å². The maximum absolute atomic E-state index is 12.9. The molecule has 0 radical (unpaired) electrons. The van der Waals surface area contributed by atoms with Gasteiger partial charge >= 0.3 is 0 Å². The first-order chi connectivity index (χ1) is 14.6. The second kappa shape index (κ2) is 10.1. The van der Waals surface area contributed by atoms with Crippen LogP contribution < -0.4 is 19.6 Å². The predicted octanol–water partition coefficient (Wildman–Crippen LogP) is 4.19. The number of hydrogen-bond donors (Lipinski definition) is 1. The van der Waals surface area contributed by atoms with Gasteiger partial charge in [-0.1, -0.05) is 12.1 Å². The van der Waals surface area contributed by atoms with Gasteiger partial charge in [-0.15, -0.1) is 0 Å². The van der Waals surface area contributed by atoms with Crippen molar-refractivity contribution >= 4 is 12.1 Å². The highest BCUT2D eigenvalue weighted by Crippen LogP contribution is 2.22. The number of halogens is 1. The van der Waals surface area contributed by atoms with Gasteiger partial charge in [-0.25, -0.2) is 9.82 Å². The van der Waals surface area contributed by atoms with E-state index in [1.807, 2.05) is 12.1 Å². The van der Waals surface area contributed by atoms with E-state index in [9.17, 15) is 9.18 Å². The van der Waals surface area contributed by atoms with Gasteiger partial charge in [-0.05, 0) is 59.7 Å². The molecule has 1 amide bonds. The Morgan fingerprint density at radius 3 is 2.17 bits per heavy atom. The lowest BCUT2D eigenvalue weighted by Gasteiger charge is -2.07. The van der Waals surface area contributed by atoms with E-state index in [2.05, 4.69) is 10.5 Å². The van der Waals surface area contributed by atoms with Crippen LogP contribution in [0.4, 0.5) is 4.39 Å². The van der Waals surface area contributed by atoms with Crippen molar-refractivity contribution in [2.45, 2.75) is 6.61 Å². The minimum atomic E-state index is -0.386. The fraction of sp³-hybridized carbons (Fsp3) is 0.130. The lowest BCUT2D eigenvalue weighted by Crippen LogP contribution is -2.17. The van der Waals surface area contributed by atoms with Gasteiger partial charge in [0, 0.05) is 11.6 Å². The highest BCUT2D eigenvalue weighted by Gasteiger charge is 2.09. The third kappa shape index (κ3) is 5.81. The van der Waals surface area contributed by atoms with Crippen molar-refractivity contribution in [1.82, 2.24) is 5.43 Å². The number of rotatable bonds is 8. The molecular weight excluding hydrogens is 387 g/mol. The molecule has 3 aromatic rings. The van der Waals surface area contributed by atoms with E-state index in [1.54, 1.807) is 42.5 Å². The summed E-state index contributed by atoms with van der Waals surface area (Å²) in [6.07, 6.45) is 1.53. The zero-order valence-electron chi connectivity index (χ0n) is 16.6. The molecular formula is C23H21FN2O4. The number of methoxy groups -OCH3 is 2. The molecule has 30 heavy (non-hydrogen) atoms. The number of ether oxygens (including phenoxy) is 3. The lowest BCUT2D eigenvalue weighted by atomic mass is 10.2. The van der Waals surface area contributed by atoms with Crippen molar-refractivity contribution in [1.29, 1.82) is 0 Å². The molecule has 0 atom stereocenters. The van der Waals surface area contributed by atoms with Gasteiger partial charge in [0.25, 0.3) is 5.91 Å². The zero-order valence-corrected chi connectivity index (χ0v) is 16.6. The van der Waals surface area contributed by atoms with Crippen LogP contribution in [0.15, 0.2) is 71.8 Å². The van der Waals surface area contributed by atoms with E-state index >= 15 is 0 Å². The van der Waals surface area contributed by atoms with Gasteiger partial charge in [0.2, 0.25) is 0 Å². The van der Waals surface area contributed by atoms with Crippen LogP contribution in [-0.4, -0.2) is 26.3 Å². The largest absolute Gasteiger partial charge is 0.497 e. The number of benzene rings is 3. The molecule has 0 saturated heterocycles. The molecule has 0 aliphatic rings. The monoisotopic (exact) mass is 408 g/mol. The maximum atomic E-state index is 12.9. The van der Waals surface area contributed by atoms with Gasteiger partial charge in [0.1, 0.15) is 29.7 Å². The van der Waals surface area contributed by atoms with Gasteiger partial charge in [0.15, 0.2) is 0 Å². The molecule has 0 aromatic heterocycles. The summed E-state index contributed by atoms with van der Waals surface area (Å²) in [6.45, 7) is 0.341. The summed E-state index contributed by atoms with van der Waals surface area (Å²) in [5, 5.41) is 3.98. The molecule has 0 saturated carbocycles. The number of nitrogens with one attached hydrogen (secondary N) is 1. The summed E-state index contributed by atoms with van der Waals surface area (Å²) in [4.78, 5) is 12.3. The van der Waals surface area contributed by atoms with Gasteiger partial charge in [0.05, 0.1) is 20.4 Å². The van der Waals surface area contributed by atoms with Gasteiger partial charge in [-0.2, -0.15) is 5.10 Å². The molecule has 6 nitrogen and oxygen atoms in total. The van der Waals surface area contributed by atoms with E-state index < -0.39 is 0 Å². The van der Waals surface area contributed by atoms with E-state index in [-0.39, 0.29) is 11.7 Å². The fourth-order valence-corrected chi connectivity index (χ4v) is 2.57. The summed E-state index contributed by atoms with van der Waals surface area (Å²) in [5.41, 5.74) is 4.50. The van der Waals surface area contributed by atoms with Gasteiger partial charge < -0.3 is 14.2 Å². The molecule has 0 aliphatic heterocycles. The van der Waals surface area contributed by atoms with Crippen LogP contribution >= 0.6 is 0 Å². The van der Waals surface area contributed by atoms with Gasteiger partial charge in [-0.3, -0.25) is 4.79 Å². The number of hydrogen-bond acceptors (Lipinski definition) is 5. The summed E-state index contributed by atoms with van der Waals surface area (Å²) < 4.78 is 28.9.